The second kappa shape index (κ2) is 9.54. The van der Waals surface area contributed by atoms with E-state index in [2.05, 4.69) is 23.7 Å². The Balaban J connectivity index is 1.57. The van der Waals surface area contributed by atoms with E-state index < -0.39 is 15.7 Å². The number of anilines is 2. The zero-order valence-electron chi connectivity index (χ0n) is 18.2. The molecule has 2 fully saturated rings. The summed E-state index contributed by atoms with van der Waals surface area (Å²) in [7, 11) is -3.11. The monoisotopic (exact) mass is 473 g/mol. The summed E-state index contributed by atoms with van der Waals surface area (Å²) < 4.78 is 30.0. The lowest BCUT2D eigenvalue weighted by molar-refractivity contribution is -0.119. The predicted molar refractivity (Wildman–Crippen MR) is 131 cm³/mol. The number of nitrogens with zero attached hydrogens (tertiary/aromatic N) is 3. The van der Waals surface area contributed by atoms with E-state index in [4.69, 9.17) is 4.74 Å². The normalized spacial score (nSPS) is 22.7. The zero-order valence-corrected chi connectivity index (χ0v) is 19.8. The Morgan fingerprint density at radius 1 is 1.09 bits per heavy atom. The molecule has 2 heterocycles. The maximum atomic E-state index is 12.5. The van der Waals surface area contributed by atoms with E-state index in [1.165, 1.54) is 11.8 Å². The Kier molecular flexibility index (Phi) is 6.76. The van der Waals surface area contributed by atoms with Crippen molar-refractivity contribution in [2.75, 3.05) is 41.0 Å². The largest absolute Gasteiger partial charge is 0.484 e. The molecule has 0 aromatic heterocycles. The first-order valence-corrected chi connectivity index (χ1v) is 13.4. The van der Waals surface area contributed by atoms with E-state index in [-0.39, 0.29) is 29.4 Å². The van der Waals surface area contributed by atoms with Gasteiger partial charge in [-0.1, -0.05) is 30.0 Å². The van der Waals surface area contributed by atoms with Gasteiger partial charge < -0.3 is 14.5 Å². The van der Waals surface area contributed by atoms with Gasteiger partial charge in [-0.05, 0) is 50.2 Å². The van der Waals surface area contributed by atoms with E-state index >= 15 is 0 Å². The van der Waals surface area contributed by atoms with Crippen LogP contribution in [0.25, 0.3) is 0 Å². The molecule has 0 N–H and O–H groups in total. The topological polar surface area (TPSA) is 79.3 Å². The fourth-order valence-corrected chi connectivity index (χ4v) is 8.01. The maximum absolute atomic E-state index is 12.5. The van der Waals surface area contributed by atoms with Crippen molar-refractivity contribution in [2.45, 2.75) is 25.1 Å². The van der Waals surface area contributed by atoms with Crippen LogP contribution in [0.15, 0.2) is 59.6 Å². The van der Waals surface area contributed by atoms with Gasteiger partial charge in [-0.3, -0.25) is 4.79 Å². The Morgan fingerprint density at radius 3 is 2.44 bits per heavy atom. The Labute approximate surface area is 193 Å². The first-order valence-electron chi connectivity index (χ1n) is 10.7. The molecule has 0 radical (unpaired) electrons. The quantitative estimate of drug-likeness (QED) is 0.611. The van der Waals surface area contributed by atoms with Gasteiger partial charge >= 0.3 is 0 Å². The molecule has 2 aliphatic heterocycles. The summed E-state index contributed by atoms with van der Waals surface area (Å²) in [6.45, 7) is 5.85. The minimum absolute atomic E-state index is 0.0657. The number of hydrogen-bond acceptors (Lipinski definition) is 6. The molecule has 0 bridgehead atoms. The van der Waals surface area contributed by atoms with Crippen LogP contribution in [-0.4, -0.2) is 62.0 Å². The van der Waals surface area contributed by atoms with E-state index in [9.17, 15) is 13.2 Å². The number of sulfone groups is 1. The van der Waals surface area contributed by atoms with Crippen LogP contribution in [-0.2, 0) is 14.6 Å². The lowest BCUT2D eigenvalue weighted by atomic mass is 10.2. The third-order valence-corrected chi connectivity index (χ3v) is 8.86. The number of amidine groups is 1. The summed E-state index contributed by atoms with van der Waals surface area (Å²) in [6, 6.07) is 16.9. The Bertz CT molecular complexity index is 1080. The molecule has 0 saturated carbocycles. The van der Waals surface area contributed by atoms with Crippen LogP contribution in [0, 0.1) is 0 Å². The fraction of sp³-hybridized carbons (Fsp3) is 0.391. The van der Waals surface area contributed by atoms with Gasteiger partial charge in [0.25, 0.3) is 5.91 Å². The van der Waals surface area contributed by atoms with Crippen LogP contribution in [0.4, 0.5) is 11.4 Å². The van der Waals surface area contributed by atoms with Crippen molar-refractivity contribution >= 4 is 44.0 Å². The second-order valence-electron chi connectivity index (χ2n) is 7.75. The molecule has 32 heavy (non-hydrogen) atoms. The number of carbonyl (C=O) groups is 1. The summed E-state index contributed by atoms with van der Waals surface area (Å²) >= 11 is 1.37. The molecule has 0 spiro atoms. The van der Waals surface area contributed by atoms with Crippen LogP contribution < -0.4 is 14.5 Å². The number of amides is 1. The standard InChI is InChI=1S/C23H27N3O4S2/c1-3-25(4-2)17-10-12-18(13-11-17)26-20-15-32(28,29)16-21(20)31-23(26)24-22(27)14-30-19-8-6-5-7-9-19/h5-13,20-21H,3-4,14-16H2,1-2H3/t20-,21-/m0/s1. The highest BCUT2D eigenvalue weighted by Crippen LogP contribution is 2.41. The number of benzene rings is 2. The van der Waals surface area contributed by atoms with Crippen molar-refractivity contribution in [3.05, 3.63) is 54.6 Å². The molecule has 170 valence electrons. The molecule has 7 nitrogen and oxygen atoms in total. The van der Waals surface area contributed by atoms with Gasteiger partial charge in [-0.15, -0.1) is 0 Å². The number of thioether (sulfide) groups is 1. The number of carbonyl (C=O) groups excluding carboxylic acids is 1. The number of fused-ring (bicyclic) bond motifs is 1. The third-order valence-electron chi connectivity index (χ3n) is 5.65. The van der Waals surface area contributed by atoms with Gasteiger partial charge in [0.05, 0.1) is 17.5 Å². The van der Waals surface area contributed by atoms with Gasteiger partial charge in [0.2, 0.25) is 0 Å². The Morgan fingerprint density at radius 2 is 1.78 bits per heavy atom. The molecular weight excluding hydrogens is 446 g/mol. The van der Waals surface area contributed by atoms with Crippen molar-refractivity contribution in [3.63, 3.8) is 0 Å². The molecule has 2 atom stereocenters. The molecular formula is C23H27N3O4S2. The predicted octanol–water partition coefficient (Wildman–Crippen LogP) is 3.21. The zero-order chi connectivity index (χ0) is 22.7. The molecule has 2 aliphatic rings. The van der Waals surface area contributed by atoms with Gasteiger partial charge in [-0.25, -0.2) is 8.42 Å². The minimum Gasteiger partial charge on any atom is -0.484 e. The van der Waals surface area contributed by atoms with E-state index in [1.807, 2.05) is 47.4 Å². The van der Waals surface area contributed by atoms with Crippen molar-refractivity contribution in [3.8, 4) is 5.75 Å². The van der Waals surface area contributed by atoms with Crippen LogP contribution in [0.1, 0.15) is 13.8 Å². The van der Waals surface area contributed by atoms with Crippen LogP contribution in [0.2, 0.25) is 0 Å². The Hall–Kier alpha value is -2.52. The third kappa shape index (κ3) is 4.94. The molecule has 2 aromatic carbocycles. The number of aliphatic imine (C=N–C) groups is 1. The summed E-state index contributed by atoms with van der Waals surface area (Å²) in [4.78, 5) is 21.0. The van der Waals surface area contributed by atoms with Crippen molar-refractivity contribution in [2.24, 2.45) is 4.99 Å². The van der Waals surface area contributed by atoms with Gasteiger partial charge in [0.1, 0.15) is 5.75 Å². The van der Waals surface area contributed by atoms with Gasteiger partial charge in [0, 0.05) is 29.7 Å². The number of hydrogen-bond donors (Lipinski definition) is 0. The fourth-order valence-electron chi connectivity index (χ4n) is 4.08. The second-order valence-corrected chi connectivity index (χ2v) is 11.1. The van der Waals surface area contributed by atoms with Crippen molar-refractivity contribution in [1.82, 2.24) is 0 Å². The average molecular weight is 474 g/mol. The highest BCUT2D eigenvalue weighted by Gasteiger charge is 2.49. The van der Waals surface area contributed by atoms with Gasteiger partial charge in [-0.2, -0.15) is 4.99 Å². The summed E-state index contributed by atoms with van der Waals surface area (Å²) in [5, 5.41) is 0.399. The molecule has 1 amide bonds. The molecule has 0 unspecified atom stereocenters. The smallest absolute Gasteiger partial charge is 0.285 e. The lowest BCUT2D eigenvalue weighted by Gasteiger charge is -2.26. The SMILES string of the molecule is CCN(CC)c1ccc(N2C(=NC(=O)COc3ccccc3)S[C@H]3CS(=O)(=O)C[C@@H]32)cc1. The summed E-state index contributed by atoms with van der Waals surface area (Å²) in [5.41, 5.74) is 1.94. The maximum Gasteiger partial charge on any atom is 0.285 e. The van der Waals surface area contributed by atoms with E-state index in [0.717, 1.165) is 24.5 Å². The van der Waals surface area contributed by atoms with E-state index in [0.29, 0.717) is 10.9 Å². The molecule has 2 saturated heterocycles. The first-order chi connectivity index (χ1) is 15.4. The highest BCUT2D eigenvalue weighted by atomic mass is 32.2. The van der Waals surface area contributed by atoms with Crippen molar-refractivity contribution < 1.29 is 17.9 Å². The van der Waals surface area contributed by atoms with Crippen LogP contribution >= 0.6 is 11.8 Å². The minimum atomic E-state index is -3.11. The number of rotatable bonds is 7. The van der Waals surface area contributed by atoms with Crippen LogP contribution in [0.3, 0.4) is 0 Å². The van der Waals surface area contributed by atoms with Gasteiger partial charge in [0.15, 0.2) is 21.6 Å². The average Bonchev–Trinajstić information content (AvgIpc) is 3.25. The van der Waals surface area contributed by atoms with Crippen LogP contribution in [0.5, 0.6) is 5.75 Å². The molecule has 2 aromatic rings. The van der Waals surface area contributed by atoms with E-state index in [1.54, 1.807) is 12.1 Å². The highest BCUT2D eigenvalue weighted by molar-refractivity contribution is 8.16. The number of para-hydroxylation sites is 1. The first kappa shape index (κ1) is 22.7. The number of ether oxygens (including phenoxy) is 1. The molecule has 9 heteroatoms. The lowest BCUT2D eigenvalue weighted by Crippen LogP contribution is -2.38. The summed E-state index contributed by atoms with van der Waals surface area (Å²) in [5.74, 6) is 0.371. The van der Waals surface area contributed by atoms with Crippen molar-refractivity contribution in [1.29, 1.82) is 0 Å². The molecule has 0 aliphatic carbocycles. The molecule has 4 rings (SSSR count). The summed E-state index contributed by atoms with van der Waals surface area (Å²) in [6.07, 6.45) is 0.